The Morgan fingerprint density at radius 2 is 2.20 bits per heavy atom. The fourth-order valence-electron chi connectivity index (χ4n) is 0.503. The average molecular weight is 161 g/mol. The highest BCUT2D eigenvalue weighted by Crippen LogP contribution is 2.12. The molecule has 0 spiro atoms. The molecule has 0 aromatic rings. The van der Waals surface area contributed by atoms with Crippen LogP contribution in [-0.2, 0) is 14.8 Å². The second kappa shape index (κ2) is 1.91. The second-order valence-corrected chi connectivity index (χ2v) is 3.17. The quantitative estimate of drug-likeness (QED) is 0.554. The SMILES string of the molecule is O=C(O)C1=CC=NS1(=O)=O. The molecule has 0 atom stereocenters. The lowest BCUT2D eigenvalue weighted by Gasteiger charge is -1.89. The van der Waals surface area contributed by atoms with Crippen LogP contribution < -0.4 is 0 Å². The molecule has 5 nitrogen and oxygen atoms in total. The van der Waals surface area contributed by atoms with Gasteiger partial charge in [-0.2, -0.15) is 12.8 Å². The maximum Gasteiger partial charge on any atom is 0.349 e. The summed E-state index contributed by atoms with van der Waals surface area (Å²) in [5.41, 5.74) is 0. The molecule has 0 aromatic heterocycles. The number of hydrogen-bond acceptors (Lipinski definition) is 3. The molecule has 0 saturated carbocycles. The van der Waals surface area contributed by atoms with E-state index in [1.165, 1.54) is 0 Å². The minimum atomic E-state index is -3.86. The van der Waals surface area contributed by atoms with Crippen LogP contribution >= 0.6 is 0 Å². The van der Waals surface area contributed by atoms with Gasteiger partial charge in [0.2, 0.25) is 0 Å². The van der Waals surface area contributed by atoms with Gasteiger partial charge in [0.05, 0.1) is 0 Å². The fourth-order valence-corrected chi connectivity index (χ4v) is 1.29. The third-order valence-corrected chi connectivity index (χ3v) is 2.18. The minimum Gasteiger partial charge on any atom is -0.477 e. The lowest BCUT2D eigenvalue weighted by molar-refractivity contribution is -0.131. The van der Waals surface area contributed by atoms with E-state index in [1.807, 2.05) is 0 Å². The highest BCUT2D eigenvalue weighted by atomic mass is 32.2. The Balaban J connectivity index is 3.18. The van der Waals surface area contributed by atoms with Gasteiger partial charge in [-0.25, -0.2) is 4.79 Å². The Kier molecular flexibility index (Phi) is 1.33. The van der Waals surface area contributed by atoms with Gasteiger partial charge in [0.25, 0.3) is 10.0 Å². The van der Waals surface area contributed by atoms with E-state index in [-0.39, 0.29) is 0 Å². The van der Waals surface area contributed by atoms with E-state index in [4.69, 9.17) is 5.11 Å². The lowest BCUT2D eigenvalue weighted by atomic mass is 10.5. The first-order chi connectivity index (χ1) is 4.54. The summed E-state index contributed by atoms with van der Waals surface area (Å²) in [7, 11) is -3.86. The first kappa shape index (κ1) is 6.94. The Bertz CT molecular complexity index is 323. The van der Waals surface area contributed by atoms with Crippen LogP contribution in [0.3, 0.4) is 0 Å². The first-order valence-corrected chi connectivity index (χ1v) is 3.72. The van der Waals surface area contributed by atoms with Gasteiger partial charge in [-0.05, 0) is 6.08 Å². The number of rotatable bonds is 1. The van der Waals surface area contributed by atoms with Crippen LogP contribution in [0, 0.1) is 0 Å². The van der Waals surface area contributed by atoms with Crippen molar-refractivity contribution in [1.82, 2.24) is 0 Å². The molecule has 0 amide bonds. The second-order valence-electron chi connectivity index (χ2n) is 1.57. The van der Waals surface area contributed by atoms with Crippen LogP contribution in [-0.4, -0.2) is 25.7 Å². The zero-order chi connectivity index (χ0) is 7.78. The number of allylic oxidation sites excluding steroid dienone is 1. The third-order valence-electron chi connectivity index (χ3n) is 0.914. The van der Waals surface area contributed by atoms with E-state index in [9.17, 15) is 13.2 Å². The summed E-state index contributed by atoms with van der Waals surface area (Å²) in [6.07, 6.45) is 1.89. The molecular weight excluding hydrogens is 158 g/mol. The molecule has 0 aliphatic carbocycles. The molecule has 1 heterocycles. The lowest BCUT2D eigenvalue weighted by Crippen LogP contribution is -2.07. The molecule has 1 rings (SSSR count). The molecule has 10 heavy (non-hydrogen) atoms. The number of carboxylic acid groups (broad SMARTS) is 1. The molecule has 1 aliphatic rings. The molecular formula is C4H3NO4S. The highest BCUT2D eigenvalue weighted by molar-refractivity contribution is 7.95. The molecule has 0 radical (unpaired) electrons. The maximum atomic E-state index is 10.6. The molecule has 0 unspecified atom stereocenters. The van der Waals surface area contributed by atoms with Crippen molar-refractivity contribution in [3.63, 3.8) is 0 Å². The first-order valence-electron chi connectivity index (χ1n) is 2.28. The highest BCUT2D eigenvalue weighted by Gasteiger charge is 2.25. The molecule has 1 aliphatic heterocycles. The Morgan fingerprint density at radius 1 is 1.60 bits per heavy atom. The molecule has 6 heteroatoms. The summed E-state index contributed by atoms with van der Waals surface area (Å²) in [5, 5.41) is 8.22. The van der Waals surface area contributed by atoms with Crippen molar-refractivity contribution in [1.29, 1.82) is 0 Å². The normalized spacial score (nSPS) is 20.6. The fraction of sp³-hybridized carbons (Fsp3) is 0. The zero-order valence-corrected chi connectivity index (χ0v) is 5.50. The van der Waals surface area contributed by atoms with Gasteiger partial charge in [0, 0.05) is 6.21 Å². The van der Waals surface area contributed by atoms with E-state index in [2.05, 4.69) is 4.40 Å². The van der Waals surface area contributed by atoms with E-state index in [0.717, 1.165) is 12.3 Å². The summed E-state index contributed by atoms with van der Waals surface area (Å²) in [4.78, 5) is 9.42. The third kappa shape index (κ3) is 0.926. The van der Waals surface area contributed by atoms with Gasteiger partial charge in [-0.1, -0.05) is 0 Å². The van der Waals surface area contributed by atoms with Crippen molar-refractivity contribution >= 4 is 22.2 Å². The Morgan fingerprint density at radius 3 is 2.40 bits per heavy atom. The summed E-state index contributed by atoms with van der Waals surface area (Å²) in [6, 6.07) is 0. The van der Waals surface area contributed by atoms with Crippen molar-refractivity contribution in [3.05, 3.63) is 11.0 Å². The molecule has 54 valence electrons. The number of nitrogens with zero attached hydrogens (tertiary/aromatic N) is 1. The van der Waals surface area contributed by atoms with Crippen molar-refractivity contribution in [2.45, 2.75) is 0 Å². The predicted molar refractivity (Wildman–Crippen MR) is 33.1 cm³/mol. The van der Waals surface area contributed by atoms with Gasteiger partial charge in [-0.15, -0.1) is 0 Å². The minimum absolute atomic E-state index is 0.674. The Hall–Kier alpha value is -1.17. The van der Waals surface area contributed by atoms with Crippen molar-refractivity contribution in [3.8, 4) is 0 Å². The number of sulfonamides is 1. The van der Waals surface area contributed by atoms with Crippen LogP contribution in [0.15, 0.2) is 15.4 Å². The van der Waals surface area contributed by atoms with E-state index >= 15 is 0 Å². The largest absolute Gasteiger partial charge is 0.477 e. The maximum absolute atomic E-state index is 10.6. The molecule has 1 N–H and O–H groups in total. The molecule has 0 fully saturated rings. The van der Waals surface area contributed by atoms with Crippen LogP contribution in [0.5, 0.6) is 0 Å². The van der Waals surface area contributed by atoms with Crippen LogP contribution in [0.2, 0.25) is 0 Å². The van der Waals surface area contributed by atoms with Crippen LogP contribution in [0.25, 0.3) is 0 Å². The smallest absolute Gasteiger partial charge is 0.349 e. The number of aliphatic carboxylic acids is 1. The van der Waals surface area contributed by atoms with E-state index in [0.29, 0.717) is 0 Å². The topological polar surface area (TPSA) is 83.8 Å². The van der Waals surface area contributed by atoms with Gasteiger partial charge in [0.15, 0.2) is 4.91 Å². The van der Waals surface area contributed by atoms with Crippen molar-refractivity contribution in [2.75, 3.05) is 0 Å². The van der Waals surface area contributed by atoms with Crippen molar-refractivity contribution < 1.29 is 18.3 Å². The number of hydrogen-bond donors (Lipinski definition) is 1. The molecule has 0 aromatic carbocycles. The molecule has 0 saturated heterocycles. The zero-order valence-electron chi connectivity index (χ0n) is 4.68. The predicted octanol–water partition coefficient (Wildman–Crippen LogP) is -0.631. The van der Waals surface area contributed by atoms with Crippen LogP contribution in [0.1, 0.15) is 0 Å². The summed E-state index contributed by atoms with van der Waals surface area (Å²) < 4.78 is 24.1. The summed E-state index contributed by atoms with van der Waals surface area (Å²) >= 11 is 0. The van der Waals surface area contributed by atoms with Gasteiger partial charge in [-0.3, -0.25) is 0 Å². The molecule has 0 bridgehead atoms. The van der Waals surface area contributed by atoms with Gasteiger partial charge < -0.3 is 5.11 Å². The monoisotopic (exact) mass is 161 g/mol. The number of carboxylic acids is 1. The standard InChI is InChI=1S/C4H3NO4S/c6-4(7)3-1-2-5-10(3,8)9/h1-2H,(H,6,7). The van der Waals surface area contributed by atoms with Crippen LogP contribution in [0.4, 0.5) is 0 Å². The van der Waals surface area contributed by atoms with E-state index in [1.54, 1.807) is 0 Å². The average Bonchev–Trinajstić information content (AvgIpc) is 2.08. The number of carbonyl (C=O) groups is 1. The van der Waals surface area contributed by atoms with Crippen molar-refractivity contribution in [2.24, 2.45) is 4.40 Å². The Labute approximate surface area is 56.8 Å². The van der Waals surface area contributed by atoms with Gasteiger partial charge >= 0.3 is 5.97 Å². The van der Waals surface area contributed by atoms with E-state index < -0.39 is 20.9 Å². The summed E-state index contributed by atoms with van der Waals surface area (Å²) in [5.74, 6) is -1.47. The summed E-state index contributed by atoms with van der Waals surface area (Å²) in [6.45, 7) is 0. The van der Waals surface area contributed by atoms with Gasteiger partial charge in [0.1, 0.15) is 0 Å².